The minimum absolute atomic E-state index is 0.229. The average molecular weight is 911 g/mol. The average Bonchev–Trinajstić information content (AvgIpc) is 4.12. The highest BCUT2D eigenvalue weighted by Gasteiger charge is 2.41. The molecule has 6 rings (SSSR count). The van der Waals surface area contributed by atoms with Crippen LogP contribution >= 0.6 is 0 Å². The van der Waals surface area contributed by atoms with E-state index in [2.05, 4.69) is 10.6 Å². The summed E-state index contributed by atoms with van der Waals surface area (Å²) in [6.45, 7) is 15.3. The summed E-state index contributed by atoms with van der Waals surface area (Å²) in [5.74, 6) is -0.310. The first-order valence-electron chi connectivity index (χ1n) is 22.5. The molecule has 4 heterocycles. The van der Waals surface area contributed by atoms with Crippen molar-refractivity contribution in [3.05, 3.63) is 72.6 Å². The molecule has 66 heavy (non-hydrogen) atoms. The van der Waals surface area contributed by atoms with Crippen LogP contribution < -0.4 is 10.6 Å². The molecule has 4 atom stereocenters. The quantitative estimate of drug-likeness (QED) is 0.123. The summed E-state index contributed by atoms with van der Waals surface area (Å²) in [6.07, 6.45) is 2.19. The molecule has 2 aliphatic heterocycles. The summed E-state index contributed by atoms with van der Waals surface area (Å²) < 4.78 is 23.8. The third-order valence-corrected chi connectivity index (χ3v) is 11.8. The van der Waals surface area contributed by atoms with Gasteiger partial charge in [0.1, 0.15) is 23.7 Å². The van der Waals surface area contributed by atoms with Gasteiger partial charge in [-0.25, -0.2) is 38.3 Å². The summed E-state index contributed by atoms with van der Waals surface area (Å²) in [6, 6.07) is 12.5. The topological polar surface area (TPSA) is 206 Å². The highest BCUT2D eigenvalue weighted by atomic mass is 16.6. The Morgan fingerprint density at radius 3 is 1.18 bits per heavy atom. The van der Waals surface area contributed by atoms with Gasteiger partial charge >= 0.3 is 24.4 Å². The van der Waals surface area contributed by atoms with E-state index in [-0.39, 0.29) is 23.7 Å². The molecule has 0 bridgehead atoms. The Morgan fingerprint density at radius 1 is 0.545 bits per heavy atom. The van der Waals surface area contributed by atoms with Gasteiger partial charge < -0.3 is 39.4 Å². The van der Waals surface area contributed by atoms with E-state index in [9.17, 15) is 28.8 Å². The number of likely N-dealkylation sites (tertiary alicyclic amines) is 2. The largest absolute Gasteiger partial charge is 0.453 e. The lowest BCUT2D eigenvalue weighted by molar-refractivity contribution is -0.136. The Balaban J connectivity index is 1.28. The second kappa shape index (κ2) is 21.1. The van der Waals surface area contributed by atoms with Crippen LogP contribution in [0.25, 0.3) is 33.6 Å². The number of alkyl carbamates (subject to hydrolysis) is 2. The normalized spacial score (nSPS) is 17.0. The number of nitrogens with zero attached hydrogens (tertiary/aromatic N) is 6. The highest BCUT2D eigenvalue weighted by molar-refractivity contribution is 5.88. The number of carbonyl (C=O) groups is 6. The van der Waals surface area contributed by atoms with E-state index in [1.165, 1.54) is 23.4 Å². The van der Waals surface area contributed by atoms with Crippen molar-refractivity contribution in [2.75, 3.05) is 27.3 Å². The lowest BCUT2D eigenvalue weighted by Gasteiger charge is -2.30. The van der Waals surface area contributed by atoms with E-state index in [1.54, 1.807) is 49.9 Å². The lowest BCUT2D eigenvalue weighted by Crippen LogP contribution is -2.51. The molecule has 18 nitrogen and oxygen atoms in total. The van der Waals surface area contributed by atoms with Gasteiger partial charge in [-0.15, -0.1) is 0 Å². The molecule has 0 radical (unpaired) electrons. The number of benzene rings is 2. The fourth-order valence-electron chi connectivity index (χ4n) is 8.52. The zero-order valence-corrected chi connectivity index (χ0v) is 39.4. The third kappa shape index (κ3) is 10.5. The summed E-state index contributed by atoms with van der Waals surface area (Å²) in [7, 11) is 2.49. The number of nitrogens with one attached hydrogen (secondary N) is 2. The number of aromatic nitrogens is 4. The number of rotatable bonds is 13. The molecule has 2 N–H and O–H groups in total. The summed E-state index contributed by atoms with van der Waals surface area (Å²) in [4.78, 5) is 92.6. The number of imidazole rings is 2. The first-order chi connectivity index (χ1) is 31.4. The fraction of sp³-hybridized carbons (Fsp3) is 0.500. The first kappa shape index (κ1) is 48.7. The Bertz CT molecular complexity index is 2220. The Labute approximate surface area is 385 Å². The molecule has 2 saturated heterocycles. The van der Waals surface area contributed by atoms with Crippen molar-refractivity contribution in [1.82, 2.24) is 39.5 Å². The van der Waals surface area contributed by atoms with E-state index in [0.717, 1.165) is 11.1 Å². The Kier molecular flexibility index (Phi) is 15.6. The van der Waals surface area contributed by atoms with E-state index in [1.807, 2.05) is 76.2 Å². The van der Waals surface area contributed by atoms with E-state index in [4.69, 9.17) is 28.9 Å². The zero-order chi connectivity index (χ0) is 48.0. The van der Waals surface area contributed by atoms with Crippen LogP contribution in [0.1, 0.15) is 105 Å². The van der Waals surface area contributed by atoms with Gasteiger partial charge in [0.15, 0.2) is 0 Å². The van der Waals surface area contributed by atoms with Gasteiger partial charge in [0.2, 0.25) is 11.8 Å². The van der Waals surface area contributed by atoms with Crippen molar-refractivity contribution in [1.29, 1.82) is 0 Å². The number of methoxy groups -OCH3 is 2. The van der Waals surface area contributed by atoms with Crippen LogP contribution in [0.3, 0.4) is 0 Å². The summed E-state index contributed by atoms with van der Waals surface area (Å²) in [5.41, 5.74) is 4.12. The molecule has 2 aromatic carbocycles. The zero-order valence-electron chi connectivity index (χ0n) is 39.4. The van der Waals surface area contributed by atoms with Crippen molar-refractivity contribution in [3.8, 4) is 33.6 Å². The predicted octanol–water partition coefficient (Wildman–Crippen LogP) is 7.96. The second-order valence-electron chi connectivity index (χ2n) is 17.8. The van der Waals surface area contributed by atoms with E-state index < -0.39 is 60.7 Å². The molecule has 354 valence electrons. The summed E-state index contributed by atoms with van der Waals surface area (Å²) in [5, 5.41) is 5.32. The number of amides is 4. The van der Waals surface area contributed by atoms with Crippen molar-refractivity contribution in [3.63, 3.8) is 0 Å². The molecule has 18 heteroatoms. The molecule has 2 fully saturated rings. The minimum atomic E-state index is -0.840. The number of hydrogen-bond acceptors (Lipinski definition) is 12. The minimum Gasteiger partial charge on any atom is -0.453 e. The van der Waals surface area contributed by atoms with Gasteiger partial charge in [0.05, 0.1) is 62.3 Å². The van der Waals surface area contributed by atoms with Crippen LogP contribution in [0.15, 0.2) is 60.9 Å². The van der Waals surface area contributed by atoms with Gasteiger partial charge in [0.25, 0.3) is 0 Å². The van der Waals surface area contributed by atoms with Gasteiger partial charge in [-0.1, -0.05) is 76.2 Å². The molecule has 0 aliphatic carbocycles. The Morgan fingerprint density at radius 2 is 0.879 bits per heavy atom. The molecule has 2 aromatic heterocycles. The number of ether oxygens (including phenoxy) is 4. The third-order valence-electron chi connectivity index (χ3n) is 11.8. The standard InChI is InChI=1S/C48H62N8O10/c1-27(2)39(51-45(59)63-9)43(57)53-23-11-13-35(53)41-49-25-37(55(41)47(61)65-29(5)6)33-19-15-31(16-20-33)32-17-21-34(22-18-32)38-26-50-42(56(38)48(62)66-30(7)8)36-14-12-24-54(36)44(58)40(28(3)4)52-46(60)64-10/h15-22,25-30,35-36,39-40H,11-14,23-24H2,1-10H3,(H,51,59)(H,52,60)/t35-,36-,39-,40-/m0/s1. The first-order valence-corrected chi connectivity index (χ1v) is 22.5. The highest BCUT2D eigenvalue weighted by Crippen LogP contribution is 2.38. The maximum atomic E-state index is 13.9. The van der Waals surface area contributed by atoms with Crippen molar-refractivity contribution in [2.24, 2.45) is 11.8 Å². The van der Waals surface area contributed by atoms with Crippen LogP contribution in [0.4, 0.5) is 19.2 Å². The van der Waals surface area contributed by atoms with E-state index >= 15 is 0 Å². The van der Waals surface area contributed by atoms with E-state index in [0.29, 0.717) is 72.9 Å². The molecule has 0 spiro atoms. The van der Waals surface area contributed by atoms with Crippen LogP contribution in [0, 0.1) is 11.8 Å². The van der Waals surface area contributed by atoms with Crippen LogP contribution in [-0.2, 0) is 28.5 Å². The monoisotopic (exact) mass is 910 g/mol. The van der Waals surface area contributed by atoms with Crippen LogP contribution in [0.5, 0.6) is 0 Å². The molecule has 4 aromatic rings. The van der Waals surface area contributed by atoms with Gasteiger partial charge in [0, 0.05) is 24.2 Å². The van der Waals surface area contributed by atoms with Crippen LogP contribution in [-0.4, -0.2) is 117 Å². The van der Waals surface area contributed by atoms with Crippen molar-refractivity contribution < 1.29 is 47.7 Å². The predicted molar refractivity (Wildman–Crippen MR) is 244 cm³/mol. The molecular formula is C48H62N8O10. The number of carbonyl (C=O) groups excluding carboxylic acids is 6. The molecular weight excluding hydrogens is 849 g/mol. The molecule has 4 amide bonds. The van der Waals surface area contributed by atoms with Crippen molar-refractivity contribution in [2.45, 2.75) is 117 Å². The van der Waals surface area contributed by atoms with Gasteiger partial charge in [-0.05, 0) is 76.3 Å². The fourth-order valence-corrected chi connectivity index (χ4v) is 8.52. The number of hydrogen-bond donors (Lipinski definition) is 2. The molecule has 0 unspecified atom stereocenters. The Hall–Kier alpha value is -6.72. The molecule has 0 saturated carbocycles. The smallest absolute Gasteiger partial charge is 0.420 e. The molecule has 2 aliphatic rings. The van der Waals surface area contributed by atoms with Gasteiger partial charge in [-0.2, -0.15) is 0 Å². The van der Waals surface area contributed by atoms with Gasteiger partial charge in [-0.3, -0.25) is 9.59 Å². The summed E-state index contributed by atoms with van der Waals surface area (Å²) >= 11 is 0. The van der Waals surface area contributed by atoms with Crippen LogP contribution in [0.2, 0.25) is 0 Å². The lowest BCUT2D eigenvalue weighted by atomic mass is 10.0. The SMILES string of the molecule is COC(=O)N[C@H](C(=O)N1CCC[C@H]1c1ncc(-c2ccc(-c3ccc(-c4cnc([C@@H]5CCCN5C(=O)[C@@H](NC(=O)OC)C(C)C)n4C(=O)OC(C)C)cc3)cc2)n1C(=O)OC(C)C)C(C)C. The maximum absolute atomic E-state index is 13.9. The van der Waals surface area contributed by atoms with Crippen molar-refractivity contribution >= 4 is 36.2 Å². The second-order valence-corrected chi connectivity index (χ2v) is 17.8. The maximum Gasteiger partial charge on any atom is 0.420 e.